The van der Waals surface area contributed by atoms with E-state index in [1.807, 2.05) is 24.3 Å². The molecular weight excluding hydrogens is 250 g/mol. The number of nitriles is 1. The molecule has 1 aliphatic heterocycles. The second-order valence-electron chi connectivity index (χ2n) is 5.04. The summed E-state index contributed by atoms with van der Waals surface area (Å²) in [5.41, 5.74) is 7.26. The van der Waals surface area contributed by atoms with Crippen LogP contribution in [0, 0.1) is 11.3 Å². The predicted molar refractivity (Wildman–Crippen MR) is 77.6 cm³/mol. The van der Waals surface area contributed by atoms with Crippen molar-refractivity contribution in [2.75, 3.05) is 6.54 Å². The normalized spacial score (nSPS) is 18.8. The number of rotatable bonds is 5. The van der Waals surface area contributed by atoms with Gasteiger partial charge in [-0.3, -0.25) is 4.79 Å². The van der Waals surface area contributed by atoms with Crippen LogP contribution in [0.25, 0.3) is 0 Å². The third-order valence-corrected chi connectivity index (χ3v) is 3.49. The zero-order valence-corrected chi connectivity index (χ0v) is 11.4. The minimum atomic E-state index is -0.427. The van der Waals surface area contributed by atoms with Gasteiger partial charge in [-0.2, -0.15) is 5.26 Å². The first-order valence-electron chi connectivity index (χ1n) is 6.86. The van der Waals surface area contributed by atoms with Gasteiger partial charge >= 0.3 is 0 Å². The third-order valence-electron chi connectivity index (χ3n) is 3.49. The fourth-order valence-electron chi connectivity index (χ4n) is 2.33. The molecule has 0 fully saturated rings. The highest BCUT2D eigenvalue weighted by atomic mass is 16.2. The Bertz CT molecular complexity index is 518. The van der Waals surface area contributed by atoms with Crippen molar-refractivity contribution in [3.63, 3.8) is 0 Å². The van der Waals surface area contributed by atoms with Gasteiger partial charge in [-0.25, -0.2) is 0 Å². The molecule has 0 saturated carbocycles. The molecule has 1 aromatic carbocycles. The summed E-state index contributed by atoms with van der Waals surface area (Å²) in [5, 5.41) is 8.95. The Morgan fingerprint density at radius 2 is 2.20 bits per heavy atom. The van der Waals surface area contributed by atoms with Crippen molar-refractivity contribution >= 4 is 5.91 Å². The van der Waals surface area contributed by atoms with Crippen molar-refractivity contribution in [1.29, 1.82) is 5.26 Å². The van der Waals surface area contributed by atoms with Crippen LogP contribution in [-0.4, -0.2) is 29.4 Å². The molecule has 0 bridgehead atoms. The average Bonchev–Trinajstić information content (AvgIpc) is 2.95. The highest BCUT2D eigenvalue weighted by Gasteiger charge is 2.25. The van der Waals surface area contributed by atoms with E-state index in [9.17, 15) is 4.79 Å². The van der Waals surface area contributed by atoms with E-state index in [1.54, 1.807) is 11.0 Å². The Morgan fingerprint density at radius 1 is 1.45 bits per heavy atom. The Labute approximate surface area is 119 Å². The summed E-state index contributed by atoms with van der Waals surface area (Å²) in [5.74, 6) is -0.0397. The molecule has 0 radical (unpaired) electrons. The van der Waals surface area contributed by atoms with E-state index in [-0.39, 0.29) is 11.9 Å². The Morgan fingerprint density at radius 3 is 2.90 bits per heavy atom. The summed E-state index contributed by atoms with van der Waals surface area (Å²) in [6.45, 7) is 0.516. The minimum absolute atomic E-state index is 0.0397. The fourth-order valence-corrected chi connectivity index (χ4v) is 2.33. The molecule has 0 unspecified atom stereocenters. The number of benzene rings is 1. The molecule has 4 nitrogen and oxygen atoms in total. The molecule has 0 saturated heterocycles. The number of hydrogen-bond donors (Lipinski definition) is 1. The van der Waals surface area contributed by atoms with Gasteiger partial charge < -0.3 is 10.6 Å². The first-order valence-corrected chi connectivity index (χ1v) is 6.86. The second kappa shape index (κ2) is 6.88. The van der Waals surface area contributed by atoms with Crippen molar-refractivity contribution in [3.05, 3.63) is 48.0 Å². The minimum Gasteiger partial charge on any atom is -0.327 e. The highest BCUT2D eigenvalue weighted by molar-refractivity contribution is 5.78. The lowest BCUT2D eigenvalue weighted by Crippen LogP contribution is -2.38. The number of amides is 1. The number of nitrogens with zero attached hydrogens (tertiary/aromatic N) is 2. The van der Waals surface area contributed by atoms with Crippen LogP contribution in [0.5, 0.6) is 0 Å². The summed E-state index contributed by atoms with van der Waals surface area (Å²) in [7, 11) is 0. The van der Waals surface area contributed by atoms with Crippen LogP contribution >= 0.6 is 0 Å². The topological polar surface area (TPSA) is 70.1 Å². The summed E-state index contributed by atoms with van der Waals surface area (Å²) < 4.78 is 0. The van der Waals surface area contributed by atoms with Crippen molar-refractivity contribution in [3.8, 4) is 6.07 Å². The van der Waals surface area contributed by atoms with Crippen LogP contribution in [0.2, 0.25) is 0 Å². The average molecular weight is 269 g/mol. The van der Waals surface area contributed by atoms with E-state index in [0.717, 1.165) is 12.8 Å². The maximum atomic E-state index is 12.1. The third kappa shape index (κ3) is 3.69. The molecule has 1 amide bonds. The maximum absolute atomic E-state index is 12.1. The SMILES string of the molecule is N#C[C@@H]1C=CCN1C(=O)C[C@H](N)CCc1ccccc1. The number of nitrogens with two attached hydrogens (primary N) is 1. The van der Waals surface area contributed by atoms with Crippen LogP contribution in [0.1, 0.15) is 18.4 Å². The number of aryl methyl sites for hydroxylation is 1. The lowest BCUT2D eigenvalue weighted by Gasteiger charge is -2.21. The molecule has 4 heteroatoms. The van der Waals surface area contributed by atoms with Crippen LogP contribution in [-0.2, 0) is 11.2 Å². The molecule has 1 aromatic rings. The van der Waals surface area contributed by atoms with E-state index >= 15 is 0 Å². The summed E-state index contributed by atoms with van der Waals surface area (Å²) in [6.07, 6.45) is 5.55. The van der Waals surface area contributed by atoms with Gasteiger partial charge in [0.25, 0.3) is 0 Å². The largest absolute Gasteiger partial charge is 0.327 e. The van der Waals surface area contributed by atoms with Crippen LogP contribution in [0.4, 0.5) is 0 Å². The second-order valence-corrected chi connectivity index (χ2v) is 5.04. The molecule has 1 heterocycles. The molecule has 2 atom stereocenters. The summed E-state index contributed by atoms with van der Waals surface area (Å²) in [6, 6.07) is 11.6. The summed E-state index contributed by atoms with van der Waals surface area (Å²) in [4.78, 5) is 13.7. The Balaban J connectivity index is 1.78. The van der Waals surface area contributed by atoms with Crippen molar-refractivity contribution < 1.29 is 4.79 Å². The first-order chi connectivity index (χ1) is 9.70. The van der Waals surface area contributed by atoms with Gasteiger partial charge in [0.15, 0.2) is 0 Å². The first kappa shape index (κ1) is 14.3. The molecule has 20 heavy (non-hydrogen) atoms. The maximum Gasteiger partial charge on any atom is 0.225 e. The molecule has 0 aliphatic carbocycles. The van der Waals surface area contributed by atoms with Gasteiger partial charge in [-0.05, 0) is 24.5 Å². The van der Waals surface area contributed by atoms with Crippen LogP contribution in [0.15, 0.2) is 42.5 Å². The number of carbonyl (C=O) groups excluding carboxylic acids is 1. The molecule has 1 aliphatic rings. The van der Waals surface area contributed by atoms with Gasteiger partial charge in [-0.15, -0.1) is 0 Å². The van der Waals surface area contributed by atoms with E-state index in [4.69, 9.17) is 11.0 Å². The lowest BCUT2D eigenvalue weighted by atomic mass is 10.0. The quantitative estimate of drug-likeness (QED) is 0.826. The van der Waals surface area contributed by atoms with Gasteiger partial charge in [0, 0.05) is 19.0 Å². The number of carbonyl (C=O) groups is 1. The van der Waals surface area contributed by atoms with E-state index in [1.165, 1.54) is 5.56 Å². The molecule has 0 aromatic heterocycles. The van der Waals surface area contributed by atoms with Crippen LogP contribution < -0.4 is 5.73 Å². The van der Waals surface area contributed by atoms with E-state index in [2.05, 4.69) is 18.2 Å². The molecule has 104 valence electrons. The summed E-state index contributed by atoms with van der Waals surface area (Å²) >= 11 is 0. The van der Waals surface area contributed by atoms with E-state index in [0.29, 0.717) is 13.0 Å². The predicted octanol–water partition coefficient (Wildman–Crippen LogP) is 1.63. The van der Waals surface area contributed by atoms with Gasteiger partial charge in [-0.1, -0.05) is 36.4 Å². The Kier molecular flexibility index (Phi) is 4.91. The van der Waals surface area contributed by atoms with Crippen molar-refractivity contribution in [2.24, 2.45) is 5.73 Å². The standard InChI is InChI=1S/C16H19N3O/c17-12-15-7-4-10-19(15)16(20)11-14(18)9-8-13-5-2-1-3-6-13/h1-7,14-15H,8-11,18H2/t14-,15+/m1/s1. The Hall–Kier alpha value is -2.12. The van der Waals surface area contributed by atoms with Gasteiger partial charge in [0.1, 0.15) is 6.04 Å². The molecule has 2 rings (SSSR count). The van der Waals surface area contributed by atoms with E-state index < -0.39 is 6.04 Å². The fraction of sp³-hybridized carbons (Fsp3) is 0.375. The zero-order valence-electron chi connectivity index (χ0n) is 11.4. The molecule has 2 N–H and O–H groups in total. The monoisotopic (exact) mass is 269 g/mol. The smallest absolute Gasteiger partial charge is 0.225 e. The van der Waals surface area contributed by atoms with Crippen LogP contribution in [0.3, 0.4) is 0 Å². The molecular formula is C16H19N3O. The zero-order chi connectivity index (χ0) is 14.4. The van der Waals surface area contributed by atoms with Gasteiger partial charge in [0.2, 0.25) is 5.91 Å². The lowest BCUT2D eigenvalue weighted by molar-refractivity contribution is -0.131. The van der Waals surface area contributed by atoms with Gasteiger partial charge in [0.05, 0.1) is 6.07 Å². The number of hydrogen-bond acceptors (Lipinski definition) is 3. The van der Waals surface area contributed by atoms with Crippen molar-refractivity contribution in [2.45, 2.75) is 31.3 Å². The van der Waals surface area contributed by atoms with Crippen molar-refractivity contribution in [1.82, 2.24) is 4.90 Å². The molecule has 0 spiro atoms. The highest BCUT2D eigenvalue weighted by Crippen LogP contribution is 2.13.